The van der Waals surface area contributed by atoms with Crippen LogP contribution in [-0.4, -0.2) is 17.6 Å². The summed E-state index contributed by atoms with van der Waals surface area (Å²) in [6.45, 7) is 4.64. The molecule has 1 aliphatic carbocycles. The van der Waals surface area contributed by atoms with E-state index in [0.29, 0.717) is 24.8 Å². The van der Waals surface area contributed by atoms with Crippen molar-refractivity contribution in [3.63, 3.8) is 0 Å². The van der Waals surface area contributed by atoms with Crippen LogP contribution in [0.5, 0.6) is 5.88 Å². The van der Waals surface area contributed by atoms with E-state index in [1.54, 1.807) is 12.3 Å². The van der Waals surface area contributed by atoms with E-state index in [1.807, 2.05) is 6.08 Å². The van der Waals surface area contributed by atoms with Crippen molar-refractivity contribution in [1.82, 2.24) is 10.3 Å². The van der Waals surface area contributed by atoms with Crippen molar-refractivity contribution in [3.05, 3.63) is 36.3 Å². The summed E-state index contributed by atoms with van der Waals surface area (Å²) in [4.78, 5) is 3.93. The van der Waals surface area contributed by atoms with E-state index in [1.165, 1.54) is 12.8 Å². The number of unbranched alkanes of at least 4 members (excludes halogenated alkanes) is 1. The van der Waals surface area contributed by atoms with Crippen LogP contribution in [0, 0.1) is 5.82 Å². The van der Waals surface area contributed by atoms with Gasteiger partial charge in [-0.1, -0.05) is 6.08 Å². The summed E-state index contributed by atoms with van der Waals surface area (Å²) in [6.07, 6.45) is 7.49. The molecule has 0 aliphatic heterocycles. The molecule has 1 aromatic rings. The average Bonchev–Trinajstić information content (AvgIpc) is 3.19. The van der Waals surface area contributed by atoms with Crippen LogP contribution in [0.15, 0.2) is 24.9 Å². The van der Waals surface area contributed by atoms with Gasteiger partial charge >= 0.3 is 0 Å². The quantitative estimate of drug-likeness (QED) is 0.569. The minimum absolute atomic E-state index is 0.106. The number of nitrogens with one attached hydrogen (secondary N) is 1. The minimum atomic E-state index is -0.343. The van der Waals surface area contributed by atoms with Gasteiger partial charge in [0.05, 0.1) is 6.61 Å². The van der Waals surface area contributed by atoms with Crippen molar-refractivity contribution in [3.8, 4) is 5.88 Å². The first-order valence-electron chi connectivity index (χ1n) is 6.41. The highest BCUT2D eigenvalue weighted by Crippen LogP contribution is 2.21. The molecule has 4 heteroatoms. The zero-order chi connectivity index (χ0) is 12.8. The van der Waals surface area contributed by atoms with Gasteiger partial charge in [-0.2, -0.15) is 0 Å². The number of rotatable bonds is 8. The van der Waals surface area contributed by atoms with E-state index in [4.69, 9.17) is 4.74 Å². The van der Waals surface area contributed by atoms with Gasteiger partial charge in [-0.3, -0.25) is 0 Å². The number of halogens is 1. The summed E-state index contributed by atoms with van der Waals surface area (Å²) < 4.78 is 19.3. The zero-order valence-corrected chi connectivity index (χ0v) is 10.5. The Morgan fingerprint density at radius 1 is 1.56 bits per heavy atom. The molecule has 98 valence electrons. The molecule has 3 nitrogen and oxygen atoms in total. The number of aromatic nitrogens is 1. The van der Waals surface area contributed by atoms with E-state index in [0.717, 1.165) is 12.8 Å². The molecule has 0 spiro atoms. The largest absolute Gasteiger partial charge is 0.476 e. The Labute approximate surface area is 107 Å². The monoisotopic (exact) mass is 250 g/mol. The highest BCUT2D eigenvalue weighted by Gasteiger charge is 2.21. The molecular formula is C14H19FN2O. The standard InChI is InChI=1S/C14H19FN2O/c1-2-3-4-9-18-14-13(15)11(7-8-16-14)10-17-12-5-6-12/h2,7-8,12,17H,1,3-6,9-10H2. The molecule has 1 fully saturated rings. The third-order valence-electron chi connectivity index (χ3n) is 2.89. The SMILES string of the molecule is C=CCCCOc1nccc(CNC2CC2)c1F. The third-order valence-corrected chi connectivity index (χ3v) is 2.89. The maximum absolute atomic E-state index is 14.0. The van der Waals surface area contributed by atoms with E-state index in [2.05, 4.69) is 16.9 Å². The summed E-state index contributed by atoms with van der Waals surface area (Å²) in [5.41, 5.74) is 0.621. The fraction of sp³-hybridized carbons (Fsp3) is 0.500. The molecule has 1 saturated carbocycles. The normalized spacial score (nSPS) is 14.5. The first-order chi connectivity index (χ1) is 8.81. The van der Waals surface area contributed by atoms with Crippen molar-refractivity contribution >= 4 is 0 Å². The second kappa shape index (κ2) is 6.50. The Hall–Kier alpha value is -1.42. The predicted octanol–water partition coefficient (Wildman–Crippen LogP) is 2.82. The molecule has 1 N–H and O–H groups in total. The van der Waals surface area contributed by atoms with Gasteiger partial charge in [0.1, 0.15) is 0 Å². The van der Waals surface area contributed by atoms with Crippen molar-refractivity contribution in [1.29, 1.82) is 0 Å². The van der Waals surface area contributed by atoms with E-state index >= 15 is 0 Å². The third kappa shape index (κ3) is 3.81. The van der Waals surface area contributed by atoms with Gasteiger partial charge in [-0.05, 0) is 31.7 Å². The average molecular weight is 250 g/mol. The van der Waals surface area contributed by atoms with Gasteiger partial charge < -0.3 is 10.1 Å². The molecule has 0 amide bonds. The highest BCUT2D eigenvalue weighted by molar-refractivity contribution is 5.23. The summed E-state index contributed by atoms with van der Waals surface area (Å²) in [7, 11) is 0. The molecule has 0 aromatic carbocycles. The molecule has 1 aromatic heterocycles. The second-order valence-corrected chi connectivity index (χ2v) is 4.52. The fourth-order valence-corrected chi connectivity index (χ4v) is 1.64. The van der Waals surface area contributed by atoms with Crippen molar-refractivity contribution in [2.24, 2.45) is 0 Å². The van der Waals surface area contributed by atoms with Crippen LogP contribution in [0.3, 0.4) is 0 Å². The first-order valence-corrected chi connectivity index (χ1v) is 6.41. The van der Waals surface area contributed by atoms with Gasteiger partial charge in [0.25, 0.3) is 5.88 Å². The number of hydrogen-bond donors (Lipinski definition) is 1. The van der Waals surface area contributed by atoms with Crippen LogP contribution >= 0.6 is 0 Å². The number of ether oxygens (including phenoxy) is 1. The Bertz CT molecular complexity index is 405. The van der Waals surface area contributed by atoms with Gasteiger partial charge in [0, 0.05) is 24.3 Å². The van der Waals surface area contributed by atoms with Gasteiger partial charge in [-0.15, -0.1) is 6.58 Å². The summed E-state index contributed by atoms with van der Waals surface area (Å²) in [6, 6.07) is 2.26. The van der Waals surface area contributed by atoms with Gasteiger partial charge in [-0.25, -0.2) is 9.37 Å². The lowest BCUT2D eigenvalue weighted by Crippen LogP contribution is -2.16. The number of nitrogens with zero attached hydrogens (tertiary/aromatic N) is 1. The molecule has 0 unspecified atom stereocenters. The summed E-state index contributed by atoms with van der Waals surface area (Å²) in [5, 5.41) is 3.28. The molecule has 0 atom stereocenters. The van der Waals surface area contributed by atoms with E-state index in [-0.39, 0.29) is 11.7 Å². The van der Waals surface area contributed by atoms with Crippen molar-refractivity contribution < 1.29 is 9.13 Å². The van der Waals surface area contributed by atoms with E-state index in [9.17, 15) is 4.39 Å². The molecule has 18 heavy (non-hydrogen) atoms. The lowest BCUT2D eigenvalue weighted by Gasteiger charge is -2.09. The van der Waals surface area contributed by atoms with Gasteiger partial charge in [0.15, 0.2) is 5.82 Å². The number of pyridine rings is 1. The van der Waals surface area contributed by atoms with Crippen LogP contribution < -0.4 is 10.1 Å². The Balaban J connectivity index is 1.88. The summed E-state index contributed by atoms with van der Waals surface area (Å²) >= 11 is 0. The zero-order valence-electron chi connectivity index (χ0n) is 10.5. The smallest absolute Gasteiger partial charge is 0.250 e. The predicted molar refractivity (Wildman–Crippen MR) is 69.0 cm³/mol. The molecular weight excluding hydrogens is 231 g/mol. The molecule has 0 bridgehead atoms. The van der Waals surface area contributed by atoms with Crippen molar-refractivity contribution in [2.45, 2.75) is 38.3 Å². The molecule has 0 radical (unpaired) electrons. The van der Waals surface area contributed by atoms with Crippen LogP contribution in [0.25, 0.3) is 0 Å². The highest BCUT2D eigenvalue weighted by atomic mass is 19.1. The van der Waals surface area contributed by atoms with Crippen molar-refractivity contribution in [2.75, 3.05) is 6.61 Å². The molecule has 2 rings (SSSR count). The molecule has 1 aliphatic rings. The lowest BCUT2D eigenvalue weighted by molar-refractivity contribution is 0.282. The fourth-order valence-electron chi connectivity index (χ4n) is 1.64. The molecule has 0 saturated heterocycles. The Kier molecular flexibility index (Phi) is 4.70. The van der Waals surface area contributed by atoms with Crippen LogP contribution in [0.2, 0.25) is 0 Å². The minimum Gasteiger partial charge on any atom is -0.476 e. The maximum Gasteiger partial charge on any atom is 0.250 e. The van der Waals surface area contributed by atoms with E-state index < -0.39 is 0 Å². The van der Waals surface area contributed by atoms with Gasteiger partial charge in [0.2, 0.25) is 0 Å². The maximum atomic E-state index is 14.0. The van der Waals surface area contributed by atoms with Crippen LogP contribution in [0.1, 0.15) is 31.2 Å². The Morgan fingerprint density at radius 2 is 2.39 bits per heavy atom. The van der Waals surface area contributed by atoms with Crippen LogP contribution in [0.4, 0.5) is 4.39 Å². The van der Waals surface area contributed by atoms with Crippen LogP contribution in [-0.2, 0) is 6.54 Å². The molecule has 1 heterocycles. The second-order valence-electron chi connectivity index (χ2n) is 4.52. The summed E-state index contributed by atoms with van der Waals surface area (Å²) in [5.74, 6) is -0.238. The Morgan fingerprint density at radius 3 is 3.11 bits per heavy atom. The first kappa shape index (κ1) is 13.0. The number of hydrogen-bond acceptors (Lipinski definition) is 3. The number of allylic oxidation sites excluding steroid dienone is 1. The topological polar surface area (TPSA) is 34.1 Å². The lowest BCUT2D eigenvalue weighted by atomic mass is 10.2.